The number of rotatable bonds is 13. The number of benzene rings is 5. The number of likely N-dealkylation sites (N-methyl/N-ethyl adjacent to an activating group) is 1. The van der Waals surface area contributed by atoms with Crippen LogP contribution in [0.4, 0.5) is 10.5 Å². The second-order valence-corrected chi connectivity index (χ2v) is 12.7. The first-order valence-corrected chi connectivity index (χ1v) is 16.9. The molecule has 0 aromatic heterocycles. The molecule has 51 heavy (non-hydrogen) atoms. The highest BCUT2D eigenvalue weighted by atomic mass is 16.7. The van der Waals surface area contributed by atoms with E-state index in [1.54, 1.807) is 48.5 Å². The molecule has 1 aliphatic rings. The molecule has 4 atom stereocenters. The SMILES string of the molecule is CN(CC1CC(c2ccc(CO)cc2)OC(c2ccc(CNC(=O)Nc3ccc(Oc4ccccc4)cc3)cc2)O1)CC(O)c1cccc(O)c1. The molecular weight excluding hydrogens is 646 g/mol. The number of hydrogen-bond donors (Lipinski definition) is 5. The second-order valence-electron chi connectivity index (χ2n) is 12.7. The Balaban J connectivity index is 1.05. The number of carbonyl (C=O) groups excluding carboxylic acids is 1. The highest BCUT2D eigenvalue weighted by molar-refractivity contribution is 5.89. The zero-order valence-electron chi connectivity index (χ0n) is 28.4. The van der Waals surface area contributed by atoms with Crippen molar-refractivity contribution < 1.29 is 34.3 Å². The van der Waals surface area contributed by atoms with Crippen LogP contribution in [0.15, 0.2) is 127 Å². The molecule has 10 nitrogen and oxygen atoms in total. The quantitative estimate of drug-likeness (QED) is 0.0877. The van der Waals surface area contributed by atoms with E-state index in [4.69, 9.17) is 14.2 Å². The summed E-state index contributed by atoms with van der Waals surface area (Å²) < 4.78 is 18.8. The van der Waals surface area contributed by atoms with Crippen LogP contribution < -0.4 is 15.4 Å². The summed E-state index contributed by atoms with van der Waals surface area (Å²) in [6.07, 6.45) is -1.29. The van der Waals surface area contributed by atoms with Crippen LogP contribution in [0.5, 0.6) is 17.2 Å². The van der Waals surface area contributed by atoms with Gasteiger partial charge in [0, 0.05) is 37.3 Å². The van der Waals surface area contributed by atoms with Gasteiger partial charge in [-0.15, -0.1) is 0 Å². The number of hydrogen-bond acceptors (Lipinski definition) is 8. The van der Waals surface area contributed by atoms with Crippen molar-refractivity contribution in [2.75, 3.05) is 25.5 Å². The Hall–Kier alpha value is -5.23. The minimum atomic E-state index is -0.775. The van der Waals surface area contributed by atoms with Crippen molar-refractivity contribution in [1.82, 2.24) is 10.2 Å². The van der Waals surface area contributed by atoms with Gasteiger partial charge in [0.1, 0.15) is 17.2 Å². The third-order valence-corrected chi connectivity index (χ3v) is 8.67. The molecule has 5 aromatic carbocycles. The van der Waals surface area contributed by atoms with Crippen LogP contribution in [0, 0.1) is 0 Å². The van der Waals surface area contributed by atoms with Crippen LogP contribution in [0.1, 0.15) is 52.7 Å². The van der Waals surface area contributed by atoms with Crippen molar-refractivity contribution in [2.45, 2.75) is 44.2 Å². The maximum absolute atomic E-state index is 12.6. The van der Waals surface area contributed by atoms with Crippen LogP contribution in [-0.2, 0) is 22.6 Å². The van der Waals surface area contributed by atoms with Crippen LogP contribution >= 0.6 is 0 Å². The van der Waals surface area contributed by atoms with E-state index in [0.29, 0.717) is 43.1 Å². The fourth-order valence-corrected chi connectivity index (χ4v) is 5.97. The molecule has 4 unspecified atom stereocenters. The van der Waals surface area contributed by atoms with Crippen LogP contribution in [0.25, 0.3) is 0 Å². The van der Waals surface area contributed by atoms with E-state index < -0.39 is 12.4 Å². The Bertz CT molecular complexity index is 1840. The molecule has 0 spiro atoms. The van der Waals surface area contributed by atoms with Crippen LogP contribution in [0.3, 0.4) is 0 Å². The molecule has 264 valence electrons. The molecule has 0 aliphatic carbocycles. The van der Waals surface area contributed by atoms with Gasteiger partial charge in [-0.2, -0.15) is 0 Å². The van der Waals surface area contributed by atoms with Crippen molar-refractivity contribution in [3.05, 3.63) is 155 Å². The minimum Gasteiger partial charge on any atom is -0.508 e. The van der Waals surface area contributed by atoms with E-state index >= 15 is 0 Å². The predicted octanol–water partition coefficient (Wildman–Crippen LogP) is 7.21. The maximum atomic E-state index is 12.6. The predicted molar refractivity (Wildman–Crippen MR) is 194 cm³/mol. The summed E-state index contributed by atoms with van der Waals surface area (Å²) in [5.74, 6) is 1.52. The first kappa shape index (κ1) is 35.6. The summed E-state index contributed by atoms with van der Waals surface area (Å²) in [5.41, 5.74) is 4.84. The lowest BCUT2D eigenvalue weighted by molar-refractivity contribution is -0.252. The average Bonchev–Trinajstić information content (AvgIpc) is 3.15. The maximum Gasteiger partial charge on any atom is 0.319 e. The number of phenolic OH excluding ortho intramolecular Hbond substituents is 1. The molecule has 6 rings (SSSR count). The fourth-order valence-electron chi connectivity index (χ4n) is 5.97. The zero-order valence-corrected chi connectivity index (χ0v) is 28.4. The highest BCUT2D eigenvalue weighted by Gasteiger charge is 2.33. The Morgan fingerprint density at radius 3 is 2.24 bits per heavy atom. The smallest absolute Gasteiger partial charge is 0.319 e. The van der Waals surface area contributed by atoms with Gasteiger partial charge >= 0.3 is 6.03 Å². The molecule has 1 fully saturated rings. The number of aliphatic hydroxyl groups excluding tert-OH is 2. The van der Waals surface area contributed by atoms with Crippen molar-refractivity contribution in [1.29, 1.82) is 0 Å². The van der Waals surface area contributed by atoms with Gasteiger partial charge in [0.25, 0.3) is 0 Å². The second kappa shape index (κ2) is 17.1. The van der Waals surface area contributed by atoms with E-state index in [2.05, 4.69) is 10.6 Å². The fraction of sp³-hybridized carbons (Fsp3) is 0.244. The Morgan fingerprint density at radius 1 is 0.843 bits per heavy atom. The Labute approximate surface area is 297 Å². The van der Waals surface area contributed by atoms with Gasteiger partial charge in [-0.1, -0.05) is 78.9 Å². The number of urea groups is 1. The molecule has 1 saturated heterocycles. The monoisotopic (exact) mass is 689 g/mol. The topological polar surface area (TPSA) is 133 Å². The number of phenols is 1. The van der Waals surface area contributed by atoms with Gasteiger partial charge in [-0.25, -0.2) is 4.79 Å². The molecule has 5 aromatic rings. The normalized spacial score (nSPS) is 17.8. The summed E-state index contributed by atoms with van der Waals surface area (Å²) in [4.78, 5) is 14.6. The van der Waals surface area contributed by atoms with E-state index in [-0.39, 0.29) is 30.6 Å². The molecule has 0 radical (unpaired) electrons. The van der Waals surface area contributed by atoms with Gasteiger partial charge in [0.15, 0.2) is 6.29 Å². The van der Waals surface area contributed by atoms with Crippen LogP contribution in [-0.4, -0.2) is 52.5 Å². The third kappa shape index (κ3) is 10.2. The summed E-state index contributed by atoms with van der Waals surface area (Å²) in [6.45, 7) is 1.18. The average molecular weight is 690 g/mol. The van der Waals surface area contributed by atoms with Crippen LogP contribution in [0.2, 0.25) is 0 Å². The molecule has 1 heterocycles. The standard InChI is InChI=1S/C41H43N3O7/c1-44(26-38(47)32-6-5-7-34(46)22-32)25-37-23-39(30-14-12-29(27-45)13-15-30)51-40(50-37)31-16-10-28(11-17-31)24-42-41(48)43-33-18-20-36(21-19-33)49-35-8-3-2-4-9-35/h2-22,37-40,45-47H,23-27H2,1H3,(H2,42,43,48). The lowest BCUT2D eigenvalue weighted by atomic mass is 9.99. The van der Waals surface area contributed by atoms with E-state index in [1.807, 2.05) is 90.8 Å². The van der Waals surface area contributed by atoms with Crippen molar-refractivity contribution in [2.24, 2.45) is 0 Å². The van der Waals surface area contributed by atoms with E-state index in [0.717, 1.165) is 28.0 Å². The Kier molecular flexibility index (Phi) is 12.0. The molecular formula is C41H43N3O7. The molecule has 5 N–H and O–H groups in total. The number of aromatic hydroxyl groups is 1. The highest BCUT2D eigenvalue weighted by Crippen LogP contribution is 2.38. The molecule has 0 saturated carbocycles. The van der Waals surface area contributed by atoms with Gasteiger partial charge in [-0.05, 0) is 77.8 Å². The molecule has 2 amide bonds. The molecule has 10 heteroatoms. The number of anilines is 1. The zero-order chi connectivity index (χ0) is 35.6. The largest absolute Gasteiger partial charge is 0.508 e. The number of nitrogens with zero attached hydrogens (tertiary/aromatic N) is 1. The number of para-hydroxylation sites is 1. The molecule has 0 bridgehead atoms. The summed E-state index contributed by atoms with van der Waals surface area (Å²) in [6, 6.07) is 38.5. The van der Waals surface area contributed by atoms with E-state index in [9.17, 15) is 20.1 Å². The van der Waals surface area contributed by atoms with Gasteiger partial charge in [0.2, 0.25) is 0 Å². The molecule has 1 aliphatic heterocycles. The van der Waals surface area contributed by atoms with Crippen molar-refractivity contribution in [3.63, 3.8) is 0 Å². The number of nitrogens with one attached hydrogen (secondary N) is 2. The van der Waals surface area contributed by atoms with Crippen molar-refractivity contribution >= 4 is 11.7 Å². The number of ether oxygens (including phenoxy) is 3. The third-order valence-electron chi connectivity index (χ3n) is 8.67. The number of aliphatic hydroxyl groups is 2. The van der Waals surface area contributed by atoms with Crippen molar-refractivity contribution in [3.8, 4) is 17.2 Å². The van der Waals surface area contributed by atoms with Gasteiger partial charge < -0.3 is 45.1 Å². The lowest BCUT2D eigenvalue weighted by Gasteiger charge is -2.38. The lowest BCUT2D eigenvalue weighted by Crippen LogP contribution is -2.39. The summed E-state index contributed by atoms with van der Waals surface area (Å²) in [7, 11) is 1.93. The first-order chi connectivity index (χ1) is 24.8. The minimum absolute atomic E-state index is 0.0347. The van der Waals surface area contributed by atoms with Gasteiger partial charge in [-0.3, -0.25) is 0 Å². The summed E-state index contributed by atoms with van der Waals surface area (Å²) >= 11 is 0. The van der Waals surface area contributed by atoms with Gasteiger partial charge in [0.05, 0.1) is 24.9 Å². The summed E-state index contributed by atoms with van der Waals surface area (Å²) in [5, 5.41) is 35.9. The number of amides is 2. The Morgan fingerprint density at radius 2 is 1.53 bits per heavy atom. The first-order valence-electron chi connectivity index (χ1n) is 16.9. The number of carbonyl (C=O) groups is 1. The van der Waals surface area contributed by atoms with E-state index in [1.165, 1.54) is 0 Å².